The first-order valence-electron chi connectivity index (χ1n) is 5.99. The third kappa shape index (κ3) is 2.87. The SMILES string of the molecule is CC(CN)(Nc1cc(Br)c(F)cc1[N+](=O)[O-])C1CC1. The van der Waals surface area contributed by atoms with Crippen LogP contribution in [-0.2, 0) is 0 Å². The zero-order valence-corrected chi connectivity index (χ0v) is 12.0. The number of anilines is 1. The lowest BCUT2D eigenvalue weighted by molar-refractivity contribution is -0.384. The van der Waals surface area contributed by atoms with Gasteiger partial charge in [0, 0.05) is 12.1 Å². The number of rotatable bonds is 5. The van der Waals surface area contributed by atoms with Gasteiger partial charge in [-0.25, -0.2) is 4.39 Å². The van der Waals surface area contributed by atoms with Crippen molar-refractivity contribution in [2.24, 2.45) is 11.7 Å². The van der Waals surface area contributed by atoms with Gasteiger partial charge in [-0.1, -0.05) is 0 Å². The molecule has 1 fully saturated rings. The normalized spacial score (nSPS) is 17.9. The van der Waals surface area contributed by atoms with Crippen molar-refractivity contribution in [3.8, 4) is 0 Å². The Morgan fingerprint density at radius 1 is 1.63 bits per heavy atom. The second-order valence-corrected chi connectivity index (χ2v) is 5.92. The molecule has 0 amide bonds. The van der Waals surface area contributed by atoms with E-state index < -0.39 is 16.3 Å². The molecular weight excluding hydrogens is 317 g/mol. The van der Waals surface area contributed by atoms with Gasteiger partial charge in [-0.05, 0) is 47.7 Å². The molecule has 7 heteroatoms. The molecule has 19 heavy (non-hydrogen) atoms. The molecule has 0 spiro atoms. The van der Waals surface area contributed by atoms with Gasteiger partial charge < -0.3 is 11.1 Å². The van der Waals surface area contributed by atoms with Crippen LogP contribution >= 0.6 is 15.9 Å². The molecule has 0 bridgehead atoms. The Morgan fingerprint density at radius 3 is 2.74 bits per heavy atom. The number of nitro benzene ring substituents is 1. The fourth-order valence-electron chi connectivity index (χ4n) is 2.14. The molecular formula is C12H15BrFN3O2. The van der Waals surface area contributed by atoms with Crippen molar-refractivity contribution in [1.82, 2.24) is 0 Å². The topological polar surface area (TPSA) is 81.2 Å². The van der Waals surface area contributed by atoms with E-state index in [-0.39, 0.29) is 15.8 Å². The van der Waals surface area contributed by atoms with E-state index in [1.54, 1.807) is 0 Å². The van der Waals surface area contributed by atoms with E-state index in [9.17, 15) is 14.5 Å². The first-order valence-corrected chi connectivity index (χ1v) is 6.78. The van der Waals surface area contributed by atoms with Crippen LogP contribution in [0.4, 0.5) is 15.8 Å². The van der Waals surface area contributed by atoms with Crippen LogP contribution in [0.3, 0.4) is 0 Å². The molecule has 1 saturated carbocycles. The summed E-state index contributed by atoms with van der Waals surface area (Å²) in [7, 11) is 0. The molecule has 1 aliphatic rings. The van der Waals surface area contributed by atoms with Crippen LogP contribution in [0.2, 0.25) is 0 Å². The lowest BCUT2D eigenvalue weighted by Crippen LogP contribution is -2.44. The molecule has 0 aliphatic heterocycles. The second kappa shape index (κ2) is 5.05. The molecule has 1 unspecified atom stereocenters. The summed E-state index contributed by atoms with van der Waals surface area (Å²) in [4.78, 5) is 10.4. The Morgan fingerprint density at radius 2 is 2.26 bits per heavy atom. The number of benzene rings is 1. The monoisotopic (exact) mass is 331 g/mol. The summed E-state index contributed by atoms with van der Waals surface area (Å²) < 4.78 is 13.6. The van der Waals surface area contributed by atoms with E-state index in [0.29, 0.717) is 12.5 Å². The van der Waals surface area contributed by atoms with Crippen molar-refractivity contribution < 1.29 is 9.31 Å². The summed E-state index contributed by atoms with van der Waals surface area (Å²) in [5, 5.41) is 14.1. The van der Waals surface area contributed by atoms with Gasteiger partial charge >= 0.3 is 0 Å². The Balaban J connectivity index is 2.38. The van der Waals surface area contributed by atoms with E-state index in [1.165, 1.54) is 6.07 Å². The lowest BCUT2D eigenvalue weighted by Gasteiger charge is -2.30. The smallest absolute Gasteiger partial charge is 0.295 e. The van der Waals surface area contributed by atoms with Crippen LogP contribution in [0.15, 0.2) is 16.6 Å². The number of nitrogens with one attached hydrogen (secondary N) is 1. The Labute approximate surface area is 118 Å². The number of nitrogens with two attached hydrogens (primary N) is 1. The maximum absolute atomic E-state index is 13.4. The van der Waals surface area contributed by atoms with Gasteiger partial charge in [-0.15, -0.1) is 0 Å². The number of hydrogen-bond acceptors (Lipinski definition) is 4. The highest BCUT2D eigenvalue weighted by molar-refractivity contribution is 9.10. The number of nitro groups is 1. The van der Waals surface area contributed by atoms with E-state index >= 15 is 0 Å². The van der Waals surface area contributed by atoms with Gasteiger partial charge in [0.1, 0.15) is 11.5 Å². The molecule has 1 aliphatic carbocycles. The molecule has 1 aromatic rings. The number of nitrogens with zero attached hydrogens (tertiary/aromatic N) is 1. The lowest BCUT2D eigenvalue weighted by atomic mass is 9.95. The minimum atomic E-state index is -0.655. The maximum atomic E-state index is 13.4. The summed E-state index contributed by atoms with van der Waals surface area (Å²) in [5.74, 6) is -0.251. The van der Waals surface area contributed by atoms with Gasteiger partial charge in [-0.2, -0.15) is 0 Å². The van der Waals surface area contributed by atoms with Crippen LogP contribution in [-0.4, -0.2) is 17.0 Å². The molecule has 2 rings (SSSR count). The molecule has 0 saturated heterocycles. The minimum absolute atomic E-state index is 0.191. The molecule has 0 aromatic heterocycles. The van der Waals surface area contributed by atoms with E-state index in [2.05, 4.69) is 21.2 Å². The van der Waals surface area contributed by atoms with E-state index in [1.807, 2.05) is 6.92 Å². The minimum Gasteiger partial charge on any atom is -0.373 e. The fraction of sp³-hybridized carbons (Fsp3) is 0.500. The summed E-state index contributed by atoms with van der Waals surface area (Å²) in [5.41, 5.74) is 5.38. The Kier molecular flexibility index (Phi) is 3.78. The van der Waals surface area contributed by atoms with Crippen molar-refractivity contribution in [2.75, 3.05) is 11.9 Å². The van der Waals surface area contributed by atoms with Crippen molar-refractivity contribution in [3.05, 3.63) is 32.5 Å². The summed E-state index contributed by atoms with van der Waals surface area (Å²) in [6.07, 6.45) is 2.10. The fourth-order valence-corrected chi connectivity index (χ4v) is 2.48. The largest absolute Gasteiger partial charge is 0.373 e. The van der Waals surface area contributed by atoms with Crippen LogP contribution in [0.5, 0.6) is 0 Å². The van der Waals surface area contributed by atoms with E-state index in [4.69, 9.17) is 5.73 Å². The van der Waals surface area contributed by atoms with E-state index in [0.717, 1.165) is 18.9 Å². The van der Waals surface area contributed by atoms with Crippen molar-refractivity contribution in [3.63, 3.8) is 0 Å². The average Bonchev–Trinajstić information content (AvgIpc) is 3.17. The summed E-state index contributed by atoms with van der Waals surface area (Å²) in [6.45, 7) is 2.30. The number of hydrogen-bond donors (Lipinski definition) is 2. The first kappa shape index (κ1) is 14.2. The third-order valence-corrected chi connectivity index (χ3v) is 4.17. The maximum Gasteiger partial charge on any atom is 0.295 e. The molecule has 3 N–H and O–H groups in total. The first-order chi connectivity index (χ1) is 8.87. The van der Waals surface area contributed by atoms with Gasteiger partial charge in [0.25, 0.3) is 5.69 Å². The van der Waals surface area contributed by atoms with Gasteiger partial charge in [0.15, 0.2) is 0 Å². The van der Waals surface area contributed by atoms with Gasteiger partial charge in [0.05, 0.1) is 15.5 Å². The molecule has 1 aromatic carbocycles. The summed E-state index contributed by atoms with van der Waals surface area (Å²) in [6, 6.07) is 2.31. The highest BCUT2D eigenvalue weighted by Gasteiger charge is 2.41. The molecule has 104 valence electrons. The van der Waals surface area contributed by atoms with Crippen LogP contribution in [0.1, 0.15) is 19.8 Å². The predicted octanol–water partition coefficient (Wildman–Crippen LogP) is 3.04. The Hall–Kier alpha value is -1.21. The van der Waals surface area contributed by atoms with Gasteiger partial charge in [-0.3, -0.25) is 10.1 Å². The molecule has 0 heterocycles. The van der Waals surface area contributed by atoms with Crippen LogP contribution in [0, 0.1) is 21.8 Å². The van der Waals surface area contributed by atoms with Crippen molar-refractivity contribution in [2.45, 2.75) is 25.3 Å². The zero-order chi connectivity index (χ0) is 14.2. The van der Waals surface area contributed by atoms with Crippen molar-refractivity contribution in [1.29, 1.82) is 0 Å². The molecule has 5 nitrogen and oxygen atoms in total. The quantitative estimate of drug-likeness (QED) is 0.641. The average molecular weight is 332 g/mol. The molecule has 0 radical (unpaired) electrons. The number of halogens is 2. The Bertz CT molecular complexity index is 522. The third-order valence-electron chi connectivity index (χ3n) is 3.56. The highest BCUT2D eigenvalue weighted by atomic mass is 79.9. The summed E-state index contributed by atoms with van der Waals surface area (Å²) >= 11 is 3.04. The highest BCUT2D eigenvalue weighted by Crippen LogP contribution is 2.42. The standard InChI is InChI=1S/C12H15BrFN3O2/c1-12(6-15,7-2-3-7)16-10-4-8(13)9(14)5-11(10)17(18)19/h4-5,7,16H,2-3,6,15H2,1H3. The zero-order valence-electron chi connectivity index (χ0n) is 10.5. The second-order valence-electron chi connectivity index (χ2n) is 5.06. The van der Waals surface area contributed by atoms with Gasteiger partial charge in [0.2, 0.25) is 0 Å². The van der Waals surface area contributed by atoms with Crippen LogP contribution < -0.4 is 11.1 Å². The predicted molar refractivity (Wildman–Crippen MR) is 74.6 cm³/mol. The van der Waals surface area contributed by atoms with Crippen molar-refractivity contribution >= 4 is 27.3 Å². The van der Waals surface area contributed by atoms with Crippen LogP contribution in [0.25, 0.3) is 0 Å². The molecule has 1 atom stereocenters.